The highest BCUT2D eigenvalue weighted by atomic mass is 32.2. The standard InChI is InChI=1S/C19H22N2O3S/c1-20(2)17-10-5-15(6-11-17)7-14-19(22)16-8-12-18(13-9-16)25(23,24)21(3)4/h5-14H,1-4H3/b14-7+. The molecule has 132 valence electrons. The Labute approximate surface area is 149 Å². The first-order chi connectivity index (χ1) is 11.7. The minimum atomic E-state index is -3.49. The van der Waals surface area contributed by atoms with Crippen LogP contribution in [0.15, 0.2) is 59.5 Å². The van der Waals surface area contributed by atoms with Crippen molar-refractivity contribution in [2.24, 2.45) is 0 Å². The number of anilines is 1. The number of allylic oxidation sites excluding steroid dienone is 1. The van der Waals surface area contributed by atoms with Crippen LogP contribution in [0, 0.1) is 0 Å². The lowest BCUT2D eigenvalue weighted by Gasteiger charge is -2.11. The van der Waals surface area contributed by atoms with Crippen LogP contribution in [0.5, 0.6) is 0 Å². The van der Waals surface area contributed by atoms with Gasteiger partial charge in [0.25, 0.3) is 0 Å². The van der Waals surface area contributed by atoms with Crippen molar-refractivity contribution in [1.82, 2.24) is 4.31 Å². The van der Waals surface area contributed by atoms with Gasteiger partial charge in [-0.25, -0.2) is 12.7 Å². The molecule has 0 bridgehead atoms. The quantitative estimate of drug-likeness (QED) is 0.588. The fourth-order valence-corrected chi connectivity index (χ4v) is 3.06. The topological polar surface area (TPSA) is 57.7 Å². The SMILES string of the molecule is CN(C)c1ccc(/C=C/C(=O)c2ccc(S(=O)(=O)N(C)C)cc2)cc1. The summed E-state index contributed by atoms with van der Waals surface area (Å²) in [5, 5.41) is 0. The molecule has 2 aromatic rings. The minimum absolute atomic E-state index is 0.164. The second-order valence-corrected chi connectivity index (χ2v) is 8.15. The van der Waals surface area contributed by atoms with Crippen molar-refractivity contribution in [2.75, 3.05) is 33.1 Å². The Morgan fingerprint density at radius 2 is 1.44 bits per heavy atom. The van der Waals surface area contributed by atoms with Gasteiger partial charge in [0, 0.05) is 39.4 Å². The zero-order valence-electron chi connectivity index (χ0n) is 14.8. The van der Waals surface area contributed by atoms with Gasteiger partial charge < -0.3 is 4.90 Å². The van der Waals surface area contributed by atoms with Crippen molar-refractivity contribution in [3.8, 4) is 0 Å². The molecule has 0 unspecified atom stereocenters. The van der Waals surface area contributed by atoms with Gasteiger partial charge in [-0.1, -0.05) is 18.2 Å². The maximum Gasteiger partial charge on any atom is 0.242 e. The molecule has 0 atom stereocenters. The zero-order chi connectivity index (χ0) is 18.6. The lowest BCUT2D eigenvalue weighted by Crippen LogP contribution is -2.22. The predicted molar refractivity (Wildman–Crippen MR) is 101 cm³/mol. The van der Waals surface area contributed by atoms with Gasteiger partial charge in [0.1, 0.15) is 0 Å². The molecule has 0 amide bonds. The number of carbonyl (C=O) groups is 1. The second-order valence-electron chi connectivity index (χ2n) is 6.00. The summed E-state index contributed by atoms with van der Waals surface area (Å²) in [7, 11) is 3.39. The fraction of sp³-hybridized carbons (Fsp3) is 0.211. The molecule has 0 spiro atoms. The molecule has 0 aliphatic rings. The minimum Gasteiger partial charge on any atom is -0.378 e. The van der Waals surface area contributed by atoms with Gasteiger partial charge in [-0.2, -0.15) is 0 Å². The number of benzene rings is 2. The van der Waals surface area contributed by atoms with E-state index in [0.29, 0.717) is 5.56 Å². The van der Waals surface area contributed by atoms with Crippen molar-refractivity contribution in [1.29, 1.82) is 0 Å². The van der Waals surface area contributed by atoms with Gasteiger partial charge >= 0.3 is 0 Å². The lowest BCUT2D eigenvalue weighted by molar-refractivity contribution is 0.104. The van der Waals surface area contributed by atoms with Crippen molar-refractivity contribution in [3.05, 3.63) is 65.7 Å². The van der Waals surface area contributed by atoms with Crippen LogP contribution in [0.4, 0.5) is 5.69 Å². The van der Waals surface area contributed by atoms with E-state index in [0.717, 1.165) is 15.6 Å². The third-order valence-electron chi connectivity index (χ3n) is 3.75. The molecule has 2 rings (SSSR count). The Balaban J connectivity index is 2.13. The molecule has 5 nitrogen and oxygen atoms in total. The molecule has 2 aromatic carbocycles. The zero-order valence-corrected chi connectivity index (χ0v) is 15.6. The molecule has 0 aliphatic carbocycles. The number of nitrogens with zero attached hydrogens (tertiary/aromatic N) is 2. The van der Waals surface area contributed by atoms with E-state index in [-0.39, 0.29) is 10.7 Å². The largest absolute Gasteiger partial charge is 0.378 e. The molecule has 6 heteroatoms. The number of ketones is 1. The number of rotatable bonds is 6. The maximum absolute atomic E-state index is 12.2. The van der Waals surface area contributed by atoms with E-state index in [1.54, 1.807) is 6.08 Å². The first-order valence-corrected chi connectivity index (χ1v) is 9.18. The van der Waals surface area contributed by atoms with Crippen LogP contribution >= 0.6 is 0 Å². The van der Waals surface area contributed by atoms with Crippen LogP contribution in [-0.2, 0) is 10.0 Å². The molecular weight excluding hydrogens is 336 g/mol. The summed E-state index contributed by atoms with van der Waals surface area (Å²) >= 11 is 0. The van der Waals surface area contributed by atoms with Crippen molar-refractivity contribution < 1.29 is 13.2 Å². The van der Waals surface area contributed by atoms with Crippen LogP contribution < -0.4 is 4.90 Å². The van der Waals surface area contributed by atoms with E-state index >= 15 is 0 Å². The Kier molecular flexibility index (Phi) is 5.77. The van der Waals surface area contributed by atoms with E-state index in [2.05, 4.69) is 0 Å². The molecule has 0 N–H and O–H groups in total. The van der Waals surface area contributed by atoms with Crippen LogP contribution in [-0.4, -0.2) is 46.7 Å². The van der Waals surface area contributed by atoms with Crippen molar-refractivity contribution in [2.45, 2.75) is 4.90 Å². The fourth-order valence-electron chi connectivity index (χ4n) is 2.15. The summed E-state index contributed by atoms with van der Waals surface area (Å²) in [5.41, 5.74) is 2.45. The molecule has 25 heavy (non-hydrogen) atoms. The third-order valence-corrected chi connectivity index (χ3v) is 5.58. The van der Waals surface area contributed by atoms with Gasteiger partial charge in [-0.15, -0.1) is 0 Å². The first-order valence-electron chi connectivity index (χ1n) is 7.74. The van der Waals surface area contributed by atoms with Gasteiger partial charge in [0.2, 0.25) is 10.0 Å². The molecule has 0 fully saturated rings. The molecular formula is C19H22N2O3S. The van der Waals surface area contributed by atoms with Crippen molar-refractivity contribution in [3.63, 3.8) is 0 Å². The molecule has 0 aliphatic heterocycles. The van der Waals surface area contributed by atoms with Crippen LogP contribution in [0.1, 0.15) is 15.9 Å². The highest BCUT2D eigenvalue weighted by molar-refractivity contribution is 7.89. The highest BCUT2D eigenvalue weighted by Gasteiger charge is 2.17. The van der Waals surface area contributed by atoms with E-state index in [9.17, 15) is 13.2 Å². The van der Waals surface area contributed by atoms with E-state index < -0.39 is 10.0 Å². The lowest BCUT2D eigenvalue weighted by atomic mass is 10.1. The monoisotopic (exact) mass is 358 g/mol. The summed E-state index contributed by atoms with van der Waals surface area (Å²) in [6.45, 7) is 0. The Hall–Kier alpha value is -2.44. The van der Waals surface area contributed by atoms with Crippen molar-refractivity contribution >= 4 is 27.6 Å². The Bertz CT molecular complexity index is 866. The van der Waals surface area contributed by atoms with Crippen LogP contribution in [0.3, 0.4) is 0 Å². The molecule has 0 saturated carbocycles. The number of carbonyl (C=O) groups excluding carboxylic acids is 1. The predicted octanol–water partition coefficient (Wildman–Crippen LogP) is 2.90. The molecule has 0 radical (unpaired) electrons. The summed E-state index contributed by atoms with van der Waals surface area (Å²) in [5.74, 6) is -0.175. The van der Waals surface area contributed by atoms with Crippen LogP contribution in [0.2, 0.25) is 0 Å². The number of hydrogen-bond donors (Lipinski definition) is 0. The van der Waals surface area contributed by atoms with Gasteiger partial charge in [0.15, 0.2) is 5.78 Å². The molecule has 0 aromatic heterocycles. The van der Waals surface area contributed by atoms with Gasteiger partial charge in [-0.05, 0) is 48.0 Å². The van der Waals surface area contributed by atoms with E-state index in [1.165, 1.54) is 44.4 Å². The summed E-state index contributed by atoms with van der Waals surface area (Å²) < 4.78 is 25.2. The average Bonchev–Trinajstić information content (AvgIpc) is 2.60. The number of hydrogen-bond acceptors (Lipinski definition) is 4. The first kappa shape index (κ1) is 18.9. The second kappa shape index (κ2) is 7.63. The molecule has 0 saturated heterocycles. The number of sulfonamides is 1. The average molecular weight is 358 g/mol. The van der Waals surface area contributed by atoms with Crippen LogP contribution in [0.25, 0.3) is 6.08 Å². The maximum atomic E-state index is 12.2. The third kappa shape index (κ3) is 4.55. The molecule has 0 heterocycles. The highest BCUT2D eigenvalue weighted by Crippen LogP contribution is 2.16. The summed E-state index contributed by atoms with van der Waals surface area (Å²) in [6.07, 6.45) is 3.23. The van der Waals surface area contributed by atoms with E-state index in [1.807, 2.05) is 43.3 Å². The Morgan fingerprint density at radius 3 is 1.92 bits per heavy atom. The van der Waals surface area contributed by atoms with E-state index in [4.69, 9.17) is 0 Å². The van der Waals surface area contributed by atoms with Gasteiger partial charge in [-0.3, -0.25) is 4.79 Å². The summed E-state index contributed by atoms with van der Waals surface area (Å²) in [6, 6.07) is 13.8. The van der Waals surface area contributed by atoms with Gasteiger partial charge in [0.05, 0.1) is 4.90 Å². The normalized spacial score (nSPS) is 11.9. The Morgan fingerprint density at radius 1 is 0.880 bits per heavy atom. The smallest absolute Gasteiger partial charge is 0.242 e. The summed E-state index contributed by atoms with van der Waals surface area (Å²) in [4.78, 5) is 14.4.